The molecule has 35 heavy (non-hydrogen) atoms. The smallest absolute Gasteiger partial charge is 0.313 e. The van der Waals surface area contributed by atoms with E-state index in [9.17, 15) is 9.59 Å². The van der Waals surface area contributed by atoms with E-state index in [4.69, 9.17) is 23.7 Å². The number of para-hydroxylation sites is 1. The summed E-state index contributed by atoms with van der Waals surface area (Å²) in [7, 11) is 0. The van der Waals surface area contributed by atoms with Crippen LogP contribution < -0.4 is 24.4 Å². The summed E-state index contributed by atoms with van der Waals surface area (Å²) in [4.78, 5) is 27.4. The molecule has 4 rings (SSSR count). The lowest BCUT2D eigenvalue weighted by molar-refractivity contribution is -0.152. The van der Waals surface area contributed by atoms with Gasteiger partial charge in [0.1, 0.15) is 23.9 Å². The lowest BCUT2D eigenvalue weighted by Gasteiger charge is -2.31. The summed E-state index contributed by atoms with van der Waals surface area (Å²) in [6, 6.07) is 11.2. The summed E-state index contributed by atoms with van der Waals surface area (Å²) in [5, 5.41) is 2.80. The van der Waals surface area contributed by atoms with Crippen molar-refractivity contribution in [1.29, 1.82) is 0 Å². The number of hydrogen-bond acceptors (Lipinski definition) is 8. The average Bonchev–Trinajstić information content (AvgIpc) is 2.89. The molecule has 0 radical (unpaired) electrons. The van der Waals surface area contributed by atoms with Crippen molar-refractivity contribution in [3.63, 3.8) is 0 Å². The van der Waals surface area contributed by atoms with Gasteiger partial charge >= 0.3 is 5.97 Å². The van der Waals surface area contributed by atoms with Crippen LogP contribution >= 0.6 is 0 Å². The maximum Gasteiger partial charge on any atom is 0.313 e. The first-order valence-electron chi connectivity index (χ1n) is 12.0. The minimum atomic E-state index is -0.461. The van der Waals surface area contributed by atoms with Gasteiger partial charge in [0.25, 0.3) is 5.91 Å². The first-order chi connectivity index (χ1) is 17.1. The number of fused-ring (bicyclic) bond motifs is 1. The van der Waals surface area contributed by atoms with E-state index < -0.39 is 24.4 Å². The number of morpholine rings is 1. The lowest BCUT2D eigenvalue weighted by atomic mass is 9.97. The molecule has 2 aliphatic heterocycles. The van der Waals surface area contributed by atoms with Crippen molar-refractivity contribution in [2.24, 2.45) is 5.92 Å². The largest absolute Gasteiger partial charge is 0.492 e. The number of rotatable bonds is 9. The zero-order valence-electron chi connectivity index (χ0n) is 20.2. The van der Waals surface area contributed by atoms with Crippen molar-refractivity contribution in [2.45, 2.75) is 20.3 Å². The molecule has 9 nitrogen and oxygen atoms in total. The molecule has 9 heteroatoms. The Labute approximate surface area is 205 Å². The fourth-order valence-corrected chi connectivity index (χ4v) is 4.16. The predicted octanol–water partition coefficient (Wildman–Crippen LogP) is 3.05. The number of hydrogen-bond donors (Lipinski definition) is 1. The molecule has 2 heterocycles. The monoisotopic (exact) mass is 484 g/mol. The van der Waals surface area contributed by atoms with Gasteiger partial charge in [0.2, 0.25) is 0 Å². The van der Waals surface area contributed by atoms with E-state index in [2.05, 4.69) is 10.2 Å². The van der Waals surface area contributed by atoms with Gasteiger partial charge in [-0.25, -0.2) is 0 Å². The molecule has 0 aromatic heterocycles. The van der Waals surface area contributed by atoms with Crippen LogP contribution in [0.4, 0.5) is 11.4 Å². The van der Waals surface area contributed by atoms with Crippen LogP contribution in [0.2, 0.25) is 0 Å². The standard InChI is InChI=1S/C26H32N2O7/c1-3-32-23-15-21(28-9-11-31-12-10-28)24(33-4-2)14-20(23)27-25(29)17-35-26(30)19-13-18-7-5-6-8-22(18)34-16-19/h5-8,14-15,19H,3-4,9-13,16-17H2,1-2H3,(H,27,29). The van der Waals surface area contributed by atoms with Crippen LogP contribution in [0.25, 0.3) is 0 Å². The maximum atomic E-state index is 12.7. The number of nitrogens with one attached hydrogen (secondary N) is 1. The van der Waals surface area contributed by atoms with Gasteiger partial charge in [-0.15, -0.1) is 0 Å². The van der Waals surface area contributed by atoms with Crippen LogP contribution in [0.1, 0.15) is 19.4 Å². The zero-order valence-corrected chi connectivity index (χ0v) is 20.2. The second-order valence-electron chi connectivity index (χ2n) is 8.26. The molecule has 2 aromatic carbocycles. The highest BCUT2D eigenvalue weighted by molar-refractivity contribution is 5.95. The van der Waals surface area contributed by atoms with Crippen LogP contribution in [-0.4, -0.2) is 64.6 Å². The molecule has 2 aliphatic rings. The second-order valence-corrected chi connectivity index (χ2v) is 8.26. The van der Waals surface area contributed by atoms with Gasteiger partial charge in [-0.2, -0.15) is 0 Å². The molecular weight excluding hydrogens is 452 g/mol. The van der Waals surface area contributed by atoms with Crippen LogP contribution in [0.15, 0.2) is 36.4 Å². The highest BCUT2D eigenvalue weighted by Gasteiger charge is 2.28. The average molecular weight is 485 g/mol. The predicted molar refractivity (Wildman–Crippen MR) is 131 cm³/mol. The molecule has 188 valence electrons. The first kappa shape index (κ1) is 24.7. The molecule has 1 atom stereocenters. The third-order valence-electron chi connectivity index (χ3n) is 5.84. The lowest BCUT2D eigenvalue weighted by Crippen LogP contribution is -2.36. The number of amides is 1. The molecule has 0 saturated carbocycles. The highest BCUT2D eigenvalue weighted by Crippen LogP contribution is 2.39. The Hall–Kier alpha value is -3.46. The van der Waals surface area contributed by atoms with Crippen LogP contribution in [0, 0.1) is 5.92 Å². The van der Waals surface area contributed by atoms with E-state index in [1.165, 1.54) is 0 Å². The normalized spacial score (nSPS) is 17.1. The number of carbonyl (C=O) groups excluding carboxylic acids is 2. The topological polar surface area (TPSA) is 95.6 Å². The number of ether oxygens (including phenoxy) is 5. The molecule has 0 bridgehead atoms. The second kappa shape index (κ2) is 11.8. The number of esters is 1. The minimum Gasteiger partial charge on any atom is -0.492 e. The summed E-state index contributed by atoms with van der Waals surface area (Å²) in [6.07, 6.45) is 0.520. The molecule has 1 unspecified atom stereocenters. The summed E-state index contributed by atoms with van der Waals surface area (Å²) < 4.78 is 28.1. The number of anilines is 2. The Kier molecular flexibility index (Phi) is 8.31. The molecule has 1 fully saturated rings. The van der Waals surface area contributed by atoms with Gasteiger partial charge in [-0.1, -0.05) is 18.2 Å². The van der Waals surface area contributed by atoms with Crippen molar-refractivity contribution in [2.75, 3.05) is 62.9 Å². The Morgan fingerprint density at radius 3 is 2.57 bits per heavy atom. The van der Waals surface area contributed by atoms with E-state index in [1.54, 1.807) is 6.07 Å². The maximum absolute atomic E-state index is 12.7. The summed E-state index contributed by atoms with van der Waals surface area (Å²) in [5.74, 6) is 0.574. The van der Waals surface area contributed by atoms with Gasteiger partial charge in [-0.3, -0.25) is 9.59 Å². The van der Waals surface area contributed by atoms with Gasteiger partial charge in [0, 0.05) is 25.2 Å². The fourth-order valence-electron chi connectivity index (χ4n) is 4.16. The Morgan fingerprint density at radius 1 is 1.06 bits per heavy atom. The van der Waals surface area contributed by atoms with Crippen LogP contribution in [0.5, 0.6) is 17.2 Å². The van der Waals surface area contributed by atoms with Gasteiger partial charge < -0.3 is 33.9 Å². The van der Waals surface area contributed by atoms with Crippen molar-refractivity contribution >= 4 is 23.3 Å². The van der Waals surface area contributed by atoms with Crippen LogP contribution in [0.3, 0.4) is 0 Å². The van der Waals surface area contributed by atoms with E-state index in [1.807, 2.05) is 44.2 Å². The summed E-state index contributed by atoms with van der Waals surface area (Å²) in [6.45, 7) is 7.26. The summed E-state index contributed by atoms with van der Waals surface area (Å²) in [5.41, 5.74) is 2.30. The first-order valence-corrected chi connectivity index (χ1v) is 12.0. The van der Waals surface area contributed by atoms with Gasteiger partial charge in [0.15, 0.2) is 6.61 Å². The SMILES string of the molecule is CCOc1cc(N2CCOCC2)c(OCC)cc1NC(=O)COC(=O)C1COc2ccccc2C1. The quantitative estimate of drug-likeness (QED) is 0.543. The van der Waals surface area contributed by atoms with E-state index in [-0.39, 0.29) is 6.61 Å². The number of benzene rings is 2. The van der Waals surface area contributed by atoms with Crippen molar-refractivity contribution in [3.8, 4) is 17.2 Å². The molecule has 1 saturated heterocycles. The van der Waals surface area contributed by atoms with E-state index in [0.29, 0.717) is 50.0 Å². The van der Waals surface area contributed by atoms with Crippen molar-refractivity contribution in [1.82, 2.24) is 0 Å². The molecule has 2 aromatic rings. The molecule has 0 spiro atoms. The number of carbonyl (C=O) groups is 2. The summed E-state index contributed by atoms with van der Waals surface area (Å²) >= 11 is 0. The number of nitrogens with zero attached hydrogens (tertiary/aromatic N) is 1. The molecule has 0 aliphatic carbocycles. The zero-order chi connectivity index (χ0) is 24.6. The Bertz CT molecular complexity index is 1040. The van der Waals surface area contributed by atoms with E-state index >= 15 is 0 Å². The Balaban J connectivity index is 1.41. The highest BCUT2D eigenvalue weighted by atomic mass is 16.5. The molecular formula is C26H32N2O7. The third kappa shape index (κ3) is 6.16. The minimum absolute atomic E-state index is 0.229. The fraction of sp³-hybridized carbons (Fsp3) is 0.462. The van der Waals surface area contributed by atoms with E-state index in [0.717, 1.165) is 30.1 Å². The van der Waals surface area contributed by atoms with Crippen LogP contribution in [-0.2, 0) is 25.5 Å². The van der Waals surface area contributed by atoms with Gasteiger partial charge in [0.05, 0.1) is 43.7 Å². The Morgan fingerprint density at radius 2 is 1.80 bits per heavy atom. The molecule has 1 N–H and O–H groups in total. The van der Waals surface area contributed by atoms with Crippen molar-refractivity contribution < 1.29 is 33.3 Å². The van der Waals surface area contributed by atoms with Crippen molar-refractivity contribution in [3.05, 3.63) is 42.0 Å². The van der Waals surface area contributed by atoms with Gasteiger partial charge in [-0.05, 0) is 31.9 Å². The molecule has 1 amide bonds. The third-order valence-corrected chi connectivity index (χ3v) is 5.84.